The molecule has 0 saturated heterocycles. The van der Waals surface area contributed by atoms with Crippen LogP contribution in [0.3, 0.4) is 0 Å². The van der Waals surface area contributed by atoms with Gasteiger partial charge in [0.2, 0.25) is 0 Å². The van der Waals surface area contributed by atoms with Crippen LogP contribution in [-0.2, 0) is 9.53 Å². The number of carbonyl (C=O) groups is 1. The Balaban J connectivity index is 1.55. The van der Waals surface area contributed by atoms with Gasteiger partial charge in [0.25, 0.3) is 5.56 Å². The number of rotatable bonds is 9. The minimum Gasteiger partial charge on any atom is -0.491 e. The lowest BCUT2D eigenvalue weighted by Gasteiger charge is -2.26. The predicted octanol–water partition coefficient (Wildman–Crippen LogP) is 6.20. The van der Waals surface area contributed by atoms with E-state index in [1.54, 1.807) is 11.5 Å². The second-order valence-corrected chi connectivity index (χ2v) is 13.2. The summed E-state index contributed by atoms with van der Waals surface area (Å²) >= 11 is 1.32. The summed E-state index contributed by atoms with van der Waals surface area (Å²) in [4.78, 5) is 35.8. The van der Waals surface area contributed by atoms with Gasteiger partial charge < -0.3 is 18.9 Å². The highest BCUT2D eigenvalue weighted by Crippen LogP contribution is 2.36. The van der Waals surface area contributed by atoms with Crippen LogP contribution in [0, 0.1) is 13.8 Å². The maximum absolute atomic E-state index is 14.4. The quantitative estimate of drug-likeness (QED) is 0.176. The molecule has 0 radical (unpaired) electrons. The number of esters is 1. The first-order chi connectivity index (χ1) is 23.1. The molecule has 0 N–H and O–H groups in total. The van der Waals surface area contributed by atoms with Gasteiger partial charge in [0.1, 0.15) is 5.75 Å². The van der Waals surface area contributed by atoms with Crippen LogP contribution < -0.4 is 24.5 Å². The summed E-state index contributed by atoms with van der Waals surface area (Å²) in [7, 11) is 4.04. The molecule has 1 aliphatic heterocycles. The van der Waals surface area contributed by atoms with E-state index in [2.05, 4.69) is 53.6 Å². The average Bonchev–Trinajstić information content (AvgIpc) is 3.53. The molecule has 0 amide bonds. The highest BCUT2D eigenvalue weighted by atomic mass is 32.1. The zero-order valence-corrected chi connectivity index (χ0v) is 29.2. The lowest BCUT2D eigenvalue weighted by atomic mass is 9.93. The normalized spacial score (nSPS) is 14.6. The largest absolute Gasteiger partial charge is 0.491 e. The summed E-state index contributed by atoms with van der Waals surface area (Å²) in [6, 6.07) is 26.9. The molecule has 0 aliphatic carbocycles. The zero-order valence-electron chi connectivity index (χ0n) is 28.4. The van der Waals surface area contributed by atoms with Crippen LogP contribution >= 0.6 is 11.3 Å². The van der Waals surface area contributed by atoms with Gasteiger partial charge >= 0.3 is 5.97 Å². The van der Waals surface area contributed by atoms with E-state index < -0.39 is 12.0 Å². The van der Waals surface area contributed by atoms with Gasteiger partial charge in [-0.15, -0.1) is 0 Å². The van der Waals surface area contributed by atoms with E-state index in [-0.39, 0.29) is 18.3 Å². The van der Waals surface area contributed by atoms with E-state index >= 15 is 0 Å². The van der Waals surface area contributed by atoms with Crippen molar-refractivity contribution in [2.45, 2.75) is 46.8 Å². The second-order valence-electron chi connectivity index (χ2n) is 12.2. The van der Waals surface area contributed by atoms with Crippen LogP contribution in [0.25, 0.3) is 17.5 Å². The lowest BCUT2D eigenvalue weighted by molar-refractivity contribution is -0.138. The predicted molar refractivity (Wildman–Crippen MR) is 193 cm³/mol. The Morgan fingerprint density at radius 3 is 2.31 bits per heavy atom. The Morgan fingerprint density at radius 2 is 1.69 bits per heavy atom. The van der Waals surface area contributed by atoms with Crippen LogP contribution in [0.5, 0.6) is 5.75 Å². The smallest absolute Gasteiger partial charge is 0.338 e. The van der Waals surface area contributed by atoms with Gasteiger partial charge in [-0.2, -0.15) is 0 Å². The number of hydrogen-bond acceptors (Lipinski definition) is 7. The van der Waals surface area contributed by atoms with Crippen LogP contribution in [0.15, 0.2) is 100 Å². The molecule has 0 saturated carbocycles. The number of benzene rings is 3. The van der Waals surface area contributed by atoms with Crippen molar-refractivity contribution < 1.29 is 14.3 Å². The molecule has 1 aliphatic rings. The van der Waals surface area contributed by atoms with Crippen LogP contribution in [0.4, 0.5) is 5.69 Å². The third-order valence-electron chi connectivity index (χ3n) is 8.32. The van der Waals surface area contributed by atoms with Gasteiger partial charge in [0.15, 0.2) is 4.80 Å². The Kier molecular flexibility index (Phi) is 9.24. The number of nitrogens with zero attached hydrogens (tertiary/aromatic N) is 4. The molecule has 0 fully saturated rings. The Hall–Kier alpha value is -5.15. The molecule has 0 spiro atoms. The van der Waals surface area contributed by atoms with E-state index in [0.29, 0.717) is 26.4 Å². The molecule has 1 atom stereocenters. The van der Waals surface area contributed by atoms with E-state index in [0.717, 1.165) is 39.5 Å². The maximum atomic E-state index is 14.4. The van der Waals surface area contributed by atoms with Gasteiger partial charge in [0.05, 0.1) is 34.6 Å². The van der Waals surface area contributed by atoms with Gasteiger partial charge in [-0.05, 0) is 94.3 Å². The zero-order chi connectivity index (χ0) is 34.1. The summed E-state index contributed by atoms with van der Waals surface area (Å²) in [5.41, 5.74) is 7.30. The lowest BCUT2D eigenvalue weighted by Crippen LogP contribution is -2.40. The molecule has 6 rings (SSSR count). The summed E-state index contributed by atoms with van der Waals surface area (Å²) in [5.74, 6) is 0.198. The van der Waals surface area contributed by atoms with Crippen molar-refractivity contribution in [1.29, 1.82) is 0 Å². The third kappa shape index (κ3) is 6.25. The molecule has 5 aromatic rings. The molecule has 8 nitrogen and oxygen atoms in total. The highest BCUT2D eigenvalue weighted by Gasteiger charge is 2.35. The first kappa shape index (κ1) is 32.8. The molecule has 2 aromatic heterocycles. The SMILES string of the molecule is CCOC(=O)C1=C(c2ccccc2)N=c2s/c(=C\c3cc(C)n(-c4ccc(N(C)C)cc4)c3C)c(=O)n2[C@@H]1c1ccc(OC(C)C)cc1. The van der Waals surface area contributed by atoms with E-state index in [4.69, 9.17) is 14.5 Å². The van der Waals surface area contributed by atoms with Crippen molar-refractivity contribution in [3.05, 3.63) is 138 Å². The number of ether oxygens (including phenoxy) is 2. The Labute approximate surface area is 284 Å². The molecule has 0 unspecified atom stereocenters. The summed E-state index contributed by atoms with van der Waals surface area (Å²) in [6.45, 7) is 10.0. The summed E-state index contributed by atoms with van der Waals surface area (Å²) in [6.07, 6.45) is 1.94. The number of aryl methyl sites for hydroxylation is 1. The fourth-order valence-corrected chi connectivity index (χ4v) is 7.12. The van der Waals surface area contributed by atoms with Gasteiger partial charge in [0, 0.05) is 42.4 Å². The standard InChI is InChI=1S/C39H40N4O4S/c1-8-46-38(45)34-35(27-12-10-9-11-13-27)40-39-43(36(34)28-14-20-32(21-15-28)47-24(2)3)37(44)33(48-39)23-29-22-25(4)42(26(29)5)31-18-16-30(17-19-31)41(6)7/h9-24,36H,8H2,1-7H3/b33-23-/t36-/m1/s1. The fourth-order valence-electron chi connectivity index (χ4n) is 6.13. The number of fused-ring (bicyclic) bond motifs is 1. The van der Waals surface area contributed by atoms with E-state index in [9.17, 15) is 9.59 Å². The van der Waals surface area contributed by atoms with Crippen LogP contribution in [0.1, 0.15) is 54.9 Å². The van der Waals surface area contributed by atoms with Crippen LogP contribution in [-0.4, -0.2) is 41.9 Å². The molecule has 0 bridgehead atoms. The molecule has 3 aromatic carbocycles. The molecule has 246 valence electrons. The second kappa shape index (κ2) is 13.5. The van der Waals surface area contributed by atoms with Crippen molar-refractivity contribution in [1.82, 2.24) is 9.13 Å². The van der Waals surface area contributed by atoms with Gasteiger partial charge in [-0.25, -0.2) is 9.79 Å². The van der Waals surface area contributed by atoms with E-state index in [1.807, 2.05) is 88.6 Å². The number of aromatic nitrogens is 2. The van der Waals surface area contributed by atoms with Gasteiger partial charge in [-0.1, -0.05) is 53.8 Å². The fraction of sp³-hybridized carbons (Fsp3) is 0.256. The topological polar surface area (TPSA) is 78.1 Å². The molecule has 3 heterocycles. The first-order valence-electron chi connectivity index (χ1n) is 16.1. The Morgan fingerprint density at radius 1 is 1.00 bits per heavy atom. The van der Waals surface area contributed by atoms with Crippen molar-refractivity contribution in [2.75, 3.05) is 25.6 Å². The number of hydrogen-bond donors (Lipinski definition) is 0. The Bertz CT molecular complexity index is 2170. The van der Waals surface area contributed by atoms with Crippen LogP contribution in [0.2, 0.25) is 0 Å². The number of anilines is 1. The third-order valence-corrected chi connectivity index (χ3v) is 9.31. The van der Waals surface area contributed by atoms with Crippen molar-refractivity contribution in [3.63, 3.8) is 0 Å². The number of carbonyl (C=O) groups excluding carboxylic acids is 1. The molecule has 9 heteroatoms. The van der Waals surface area contributed by atoms with Crippen molar-refractivity contribution in [2.24, 2.45) is 4.99 Å². The summed E-state index contributed by atoms with van der Waals surface area (Å²) in [5, 5.41) is 0. The summed E-state index contributed by atoms with van der Waals surface area (Å²) < 4.78 is 15.9. The molecular formula is C39H40N4O4S. The van der Waals surface area contributed by atoms with Gasteiger partial charge in [-0.3, -0.25) is 9.36 Å². The van der Waals surface area contributed by atoms with Crippen molar-refractivity contribution >= 4 is 34.8 Å². The van der Waals surface area contributed by atoms with Crippen molar-refractivity contribution in [3.8, 4) is 11.4 Å². The minimum atomic E-state index is -0.756. The minimum absolute atomic E-state index is 0.00700. The monoisotopic (exact) mass is 660 g/mol. The molecular weight excluding hydrogens is 621 g/mol. The number of thiazole rings is 1. The van der Waals surface area contributed by atoms with E-state index in [1.165, 1.54) is 11.3 Å². The molecule has 48 heavy (non-hydrogen) atoms. The highest BCUT2D eigenvalue weighted by molar-refractivity contribution is 7.07. The first-order valence-corrected chi connectivity index (χ1v) is 16.9. The maximum Gasteiger partial charge on any atom is 0.338 e. The average molecular weight is 661 g/mol.